The Morgan fingerprint density at radius 3 is 2.52 bits per heavy atom. The number of hydrogen-bond acceptors (Lipinski definition) is 6. The molecular formula is C23H35N7O3. The van der Waals surface area contributed by atoms with Crippen molar-refractivity contribution in [2.45, 2.75) is 52.1 Å². The van der Waals surface area contributed by atoms with Gasteiger partial charge in [-0.1, -0.05) is 13.3 Å². The number of aryl methyl sites for hydroxylation is 1. The van der Waals surface area contributed by atoms with Crippen LogP contribution in [0.4, 0.5) is 10.5 Å². The zero-order chi connectivity index (χ0) is 23.2. The van der Waals surface area contributed by atoms with Gasteiger partial charge in [0.25, 0.3) is 5.91 Å². The number of anilines is 1. The topological polar surface area (TPSA) is 105 Å². The third-order valence-electron chi connectivity index (χ3n) is 6.43. The van der Waals surface area contributed by atoms with Crippen molar-refractivity contribution in [2.75, 3.05) is 51.3 Å². The Morgan fingerprint density at radius 1 is 1.09 bits per heavy atom. The first-order valence-corrected chi connectivity index (χ1v) is 12.1. The van der Waals surface area contributed by atoms with Crippen LogP contribution in [0.2, 0.25) is 0 Å². The first-order valence-electron chi connectivity index (χ1n) is 12.1. The molecule has 2 N–H and O–H groups in total. The molecule has 0 atom stereocenters. The van der Waals surface area contributed by atoms with E-state index < -0.39 is 0 Å². The zero-order valence-corrected chi connectivity index (χ0v) is 19.7. The van der Waals surface area contributed by atoms with Crippen LogP contribution < -0.4 is 10.6 Å². The van der Waals surface area contributed by atoms with Gasteiger partial charge in [0.2, 0.25) is 0 Å². The number of piperazine rings is 1. The lowest BCUT2D eigenvalue weighted by Gasteiger charge is -2.35. The quantitative estimate of drug-likeness (QED) is 0.619. The summed E-state index contributed by atoms with van der Waals surface area (Å²) in [6.45, 7) is 9.00. The molecule has 2 aliphatic rings. The Hall–Kier alpha value is -2.88. The maximum absolute atomic E-state index is 13.5. The fraction of sp³-hybridized carbons (Fsp3) is 0.652. The average Bonchev–Trinajstić information content (AvgIpc) is 3.28. The van der Waals surface area contributed by atoms with Crippen molar-refractivity contribution in [1.82, 2.24) is 29.9 Å². The molecule has 2 aliphatic heterocycles. The lowest BCUT2D eigenvalue weighted by Crippen LogP contribution is -2.53. The van der Waals surface area contributed by atoms with E-state index in [1.807, 2.05) is 16.5 Å². The van der Waals surface area contributed by atoms with Gasteiger partial charge in [0, 0.05) is 64.7 Å². The molecule has 0 bridgehead atoms. The summed E-state index contributed by atoms with van der Waals surface area (Å²) in [6, 6.07) is 0.192. The number of pyridine rings is 1. The van der Waals surface area contributed by atoms with Crippen molar-refractivity contribution < 1.29 is 14.3 Å². The van der Waals surface area contributed by atoms with Gasteiger partial charge in [-0.2, -0.15) is 5.10 Å². The Labute approximate surface area is 194 Å². The van der Waals surface area contributed by atoms with Gasteiger partial charge in [-0.05, 0) is 26.2 Å². The number of carbonyl (C=O) groups excluding carboxylic acids is 2. The molecule has 0 radical (unpaired) electrons. The van der Waals surface area contributed by atoms with E-state index in [9.17, 15) is 9.59 Å². The predicted octanol–water partition coefficient (Wildman–Crippen LogP) is 2.31. The van der Waals surface area contributed by atoms with Crippen LogP contribution in [0.5, 0.6) is 0 Å². The summed E-state index contributed by atoms with van der Waals surface area (Å²) >= 11 is 0. The van der Waals surface area contributed by atoms with Crippen molar-refractivity contribution in [1.29, 1.82) is 0 Å². The summed E-state index contributed by atoms with van der Waals surface area (Å²) in [5.41, 5.74) is 2.14. The minimum Gasteiger partial charge on any atom is -0.381 e. The highest BCUT2D eigenvalue weighted by atomic mass is 16.5. The average molecular weight is 458 g/mol. The molecule has 2 saturated heterocycles. The molecule has 180 valence electrons. The summed E-state index contributed by atoms with van der Waals surface area (Å²) in [5, 5.41) is 11.9. The monoisotopic (exact) mass is 457 g/mol. The smallest absolute Gasteiger partial charge is 0.317 e. The number of ether oxygens (including phenoxy) is 1. The van der Waals surface area contributed by atoms with Crippen LogP contribution in [0.15, 0.2) is 12.4 Å². The van der Waals surface area contributed by atoms with Gasteiger partial charge < -0.3 is 25.2 Å². The SMILES string of the molecule is CCCCNC(=O)N1CCN(C(=O)c2cnc3c(cnn3CC)c2NC2CCOCC2)CC1. The van der Waals surface area contributed by atoms with E-state index in [0.717, 1.165) is 42.4 Å². The highest BCUT2D eigenvalue weighted by molar-refractivity contribution is 6.06. The molecule has 2 fully saturated rings. The summed E-state index contributed by atoms with van der Waals surface area (Å²) in [6.07, 6.45) is 7.27. The summed E-state index contributed by atoms with van der Waals surface area (Å²) < 4.78 is 7.34. The maximum atomic E-state index is 13.5. The Bertz CT molecular complexity index is 962. The molecule has 33 heavy (non-hydrogen) atoms. The number of carbonyl (C=O) groups is 2. The number of hydrogen-bond donors (Lipinski definition) is 2. The van der Waals surface area contributed by atoms with E-state index in [4.69, 9.17) is 4.74 Å². The molecule has 10 nitrogen and oxygen atoms in total. The number of amides is 3. The fourth-order valence-corrected chi connectivity index (χ4v) is 4.39. The number of fused-ring (bicyclic) bond motifs is 1. The van der Waals surface area contributed by atoms with Gasteiger partial charge in [0.15, 0.2) is 5.65 Å². The molecule has 4 heterocycles. The van der Waals surface area contributed by atoms with Gasteiger partial charge in [-0.3, -0.25) is 4.79 Å². The standard InChI is InChI=1S/C23H35N7O3/c1-3-5-8-24-23(32)29-11-9-28(10-12-29)22(31)19-15-25-21-18(16-26-30(21)4-2)20(19)27-17-6-13-33-14-7-17/h15-17H,3-14H2,1-2H3,(H,24,32)(H,25,27). The molecule has 0 unspecified atom stereocenters. The first-order chi connectivity index (χ1) is 16.1. The number of rotatable bonds is 7. The van der Waals surface area contributed by atoms with Crippen LogP contribution in [0.3, 0.4) is 0 Å². The van der Waals surface area contributed by atoms with Gasteiger partial charge in [0.05, 0.1) is 22.8 Å². The lowest BCUT2D eigenvalue weighted by molar-refractivity contribution is 0.0665. The molecular weight excluding hydrogens is 422 g/mol. The van der Waals surface area contributed by atoms with Crippen molar-refractivity contribution in [2.24, 2.45) is 0 Å². The highest BCUT2D eigenvalue weighted by Gasteiger charge is 2.28. The van der Waals surface area contributed by atoms with Crippen LogP contribution in [-0.2, 0) is 11.3 Å². The third kappa shape index (κ3) is 5.21. The zero-order valence-electron chi connectivity index (χ0n) is 19.7. The van der Waals surface area contributed by atoms with E-state index in [0.29, 0.717) is 58.0 Å². The minimum absolute atomic E-state index is 0.0486. The largest absolute Gasteiger partial charge is 0.381 e. The van der Waals surface area contributed by atoms with Crippen LogP contribution in [0, 0.1) is 0 Å². The predicted molar refractivity (Wildman–Crippen MR) is 126 cm³/mol. The normalized spacial score (nSPS) is 17.4. The number of nitrogens with zero attached hydrogens (tertiary/aromatic N) is 5. The van der Waals surface area contributed by atoms with Crippen LogP contribution in [-0.4, -0.2) is 88.5 Å². The third-order valence-corrected chi connectivity index (χ3v) is 6.43. The molecule has 0 aromatic carbocycles. The van der Waals surface area contributed by atoms with Crippen molar-refractivity contribution in [3.05, 3.63) is 18.0 Å². The van der Waals surface area contributed by atoms with E-state index in [1.54, 1.807) is 17.3 Å². The maximum Gasteiger partial charge on any atom is 0.317 e. The Kier molecular flexibility index (Phi) is 7.64. The summed E-state index contributed by atoms with van der Waals surface area (Å²) in [4.78, 5) is 34.1. The minimum atomic E-state index is -0.0609. The highest BCUT2D eigenvalue weighted by Crippen LogP contribution is 2.29. The van der Waals surface area contributed by atoms with Gasteiger partial charge >= 0.3 is 6.03 Å². The summed E-state index contributed by atoms with van der Waals surface area (Å²) in [7, 11) is 0. The molecule has 10 heteroatoms. The molecule has 2 aromatic rings. The van der Waals surface area contributed by atoms with Gasteiger partial charge in [0.1, 0.15) is 0 Å². The van der Waals surface area contributed by atoms with Gasteiger partial charge in [-0.25, -0.2) is 14.5 Å². The van der Waals surface area contributed by atoms with E-state index in [-0.39, 0.29) is 18.0 Å². The second kappa shape index (κ2) is 10.8. The molecule has 2 aromatic heterocycles. The summed E-state index contributed by atoms with van der Waals surface area (Å²) in [5.74, 6) is -0.0609. The number of nitrogens with one attached hydrogen (secondary N) is 2. The number of unbranched alkanes of at least 4 members (excludes halogenated alkanes) is 1. The van der Waals surface area contributed by atoms with Crippen molar-refractivity contribution in [3.8, 4) is 0 Å². The van der Waals surface area contributed by atoms with Crippen LogP contribution >= 0.6 is 0 Å². The van der Waals surface area contributed by atoms with Crippen molar-refractivity contribution >= 4 is 28.7 Å². The number of aromatic nitrogens is 3. The fourth-order valence-electron chi connectivity index (χ4n) is 4.39. The molecule has 0 saturated carbocycles. The second-order valence-electron chi connectivity index (χ2n) is 8.64. The molecule has 0 aliphatic carbocycles. The molecule has 0 spiro atoms. The first kappa shape index (κ1) is 23.3. The Balaban J connectivity index is 1.50. The van der Waals surface area contributed by atoms with E-state index in [1.165, 1.54) is 0 Å². The van der Waals surface area contributed by atoms with Gasteiger partial charge in [-0.15, -0.1) is 0 Å². The second-order valence-corrected chi connectivity index (χ2v) is 8.64. The lowest BCUT2D eigenvalue weighted by atomic mass is 10.1. The molecule has 4 rings (SSSR count). The van der Waals surface area contributed by atoms with Crippen LogP contribution in [0.25, 0.3) is 11.0 Å². The number of urea groups is 1. The van der Waals surface area contributed by atoms with E-state index in [2.05, 4.69) is 27.6 Å². The molecule has 3 amide bonds. The van der Waals surface area contributed by atoms with E-state index >= 15 is 0 Å². The Morgan fingerprint density at radius 2 is 1.82 bits per heavy atom. The van der Waals surface area contributed by atoms with Crippen LogP contribution in [0.1, 0.15) is 49.9 Å². The van der Waals surface area contributed by atoms with Crippen molar-refractivity contribution in [3.63, 3.8) is 0 Å².